The van der Waals surface area contributed by atoms with E-state index in [-0.39, 0.29) is 0 Å². The lowest BCUT2D eigenvalue weighted by Gasteiger charge is -2.09. The van der Waals surface area contributed by atoms with E-state index < -0.39 is 0 Å². The fourth-order valence-electron chi connectivity index (χ4n) is 1.35. The van der Waals surface area contributed by atoms with Crippen LogP contribution in [0.2, 0.25) is 0 Å². The van der Waals surface area contributed by atoms with Crippen LogP contribution in [0, 0.1) is 0 Å². The lowest BCUT2D eigenvalue weighted by atomic mass is 10.1. The molecule has 1 nitrogen and oxygen atoms in total. The zero-order valence-corrected chi connectivity index (χ0v) is 10.1. The highest BCUT2D eigenvalue weighted by Gasteiger charge is 2.00. The summed E-state index contributed by atoms with van der Waals surface area (Å²) in [5, 5.41) is 4.04. The van der Waals surface area contributed by atoms with Crippen molar-refractivity contribution < 1.29 is 0 Å². The van der Waals surface area contributed by atoms with Crippen molar-refractivity contribution in [2.24, 2.45) is 0 Å². The average molecular weight is 203 g/mol. The van der Waals surface area contributed by atoms with Crippen LogP contribution in [0.5, 0.6) is 0 Å². The number of unbranched alkanes of at least 4 members (excludes halogenated alkanes) is 1. The van der Waals surface area contributed by atoms with Gasteiger partial charge in [0, 0.05) is 5.25 Å². The van der Waals surface area contributed by atoms with Crippen LogP contribution in [-0.2, 0) is 0 Å². The maximum absolute atomic E-state index is 4.56. The molecule has 1 atom stereocenters. The summed E-state index contributed by atoms with van der Waals surface area (Å²) < 4.78 is 0. The molecule has 0 rings (SSSR count). The molecule has 0 aliphatic carbocycles. The first-order chi connectivity index (χ1) is 6.31. The number of thiol groups is 1. The van der Waals surface area contributed by atoms with E-state index in [4.69, 9.17) is 0 Å². The summed E-state index contributed by atoms with van der Waals surface area (Å²) in [5.41, 5.74) is 0. The molecule has 0 aliphatic rings. The van der Waals surface area contributed by atoms with Gasteiger partial charge in [-0.15, -0.1) is 0 Å². The van der Waals surface area contributed by atoms with Crippen molar-refractivity contribution in [3.05, 3.63) is 0 Å². The number of nitrogens with one attached hydrogen (secondary N) is 1. The lowest BCUT2D eigenvalue weighted by molar-refractivity contribution is 0.581. The molecule has 13 heavy (non-hydrogen) atoms. The van der Waals surface area contributed by atoms with Gasteiger partial charge in [0.25, 0.3) is 0 Å². The summed E-state index contributed by atoms with van der Waals surface area (Å²) in [5.74, 6) is 0. The highest BCUT2D eigenvalue weighted by atomic mass is 32.1. The third-order valence-corrected chi connectivity index (χ3v) is 2.72. The summed E-state index contributed by atoms with van der Waals surface area (Å²) in [7, 11) is 0. The highest BCUT2D eigenvalue weighted by molar-refractivity contribution is 7.80. The van der Waals surface area contributed by atoms with Gasteiger partial charge < -0.3 is 5.32 Å². The molecule has 0 aromatic carbocycles. The molecule has 1 N–H and O–H groups in total. The molecule has 0 amide bonds. The SMILES string of the molecule is CCCCC(S)CCCNCCC. The van der Waals surface area contributed by atoms with Crippen LogP contribution < -0.4 is 5.32 Å². The normalized spacial score (nSPS) is 13.2. The Hall–Kier alpha value is 0.310. The second-order valence-corrected chi connectivity index (χ2v) is 4.42. The number of hydrogen-bond donors (Lipinski definition) is 2. The Morgan fingerprint density at radius 3 is 2.31 bits per heavy atom. The second-order valence-electron chi connectivity index (χ2n) is 3.69. The summed E-state index contributed by atoms with van der Waals surface area (Å²) in [4.78, 5) is 0. The molecule has 0 fully saturated rings. The minimum Gasteiger partial charge on any atom is -0.317 e. The van der Waals surface area contributed by atoms with E-state index >= 15 is 0 Å². The molecule has 0 bridgehead atoms. The van der Waals surface area contributed by atoms with Gasteiger partial charge in [-0.05, 0) is 38.8 Å². The fraction of sp³-hybridized carbons (Fsp3) is 1.00. The zero-order chi connectivity index (χ0) is 9.94. The van der Waals surface area contributed by atoms with Crippen LogP contribution >= 0.6 is 12.6 Å². The molecule has 2 heteroatoms. The highest BCUT2D eigenvalue weighted by Crippen LogP contribution is 2.12. The maximum atomic E-state index is 4.56. The summed E-state index contributed by atoms with van der Waals surface area (Å²) in [6.45, 7) is 6.77. The molecule has 0 heterocycles. The molecule has 0 aromatic heterocycles. The van der Waals surface area contributed by atoms with Gasteiger partial charge in [0.05, 0.1) is 0 Å². The summed E-state index contributed by atoms with van der Waals surface area (Å²) >= 11 is 4.56. The van der Waals surface area contributed by atoms with Crippen LogP contribution in [0.3, 0.4) is 0 Å². The molecular weight excluding hydrogens is 178 g/mol. The Morgan fingerprint density at radius 1 is 1.00 bits per heavy atom. The predicted octanol–water partition coefficient (Wildman–Crippen LogP) is 3.25. The molecule has 0 spiro atoms. The minimum absolute atomic E-state index is 0.628. The van der Waals surface area contributed by atoms with E-state index in [1.54, 1.807) is 0 Å². The monoisotopic (exact) mass is 203 g/mol. The van der Waals surface area contributed by atoms with Gasteiger partial charge >= 0.3 is 0 Å². The third-order valence-electron chi connectivity index (χ3n) is 2.21. The van der Waals surface area contributed by atoms with Gasteiger partial charge in [0.2, 0.25) is 0 Å². The third kappa shape index (κ3) is 10.2. The smallest absolute Gasteiger partial charge is 0.00172 e. The topological polar surface area (TPSA) is 12.0 Å². The van der Waals surface area contributed by atoms with Crippen LogP contribution in [0.1, 0.15) is 52.4 Å². The van der Waals surface area contributed by atoms with Gasteiger partial charge in [-0.2, -0.15) is 12.6 Å². The predicted molar refractivity (Wildman–Crippen MR) is 64.7 cm³/mol. The first-order valence-electron chi connectivity index (χ1n) is 5.70. The Balaban J connectivity index is 3.03. The van der Waals surface area contributed by atoms with E-state index in [0.29, 0.717) is 5.25 Å². The van der Waals surface area contributed by atoms with E-state index in [9.17, 15) is 0 Å². The van der Waals surface area contributed by atoms with Crippen molar-refractivity contribution in [1.29, 1.82) is 0 Å². The van der Waals surface area contributed by atoms with Crippen LogP contribution in [0.4, 0.5) is 0 Å². The van der Waals surface area contributed by atoms with E-state index in [0.717, 1.165) is 13.1 Å². The summed E-state index contributed by atoms with van der Waals surface area (Å²) in [6.07, 6.45) is 7.69. The first kappa shape index (κ1) is 13.3. The zero-order valence-electron chi connectivity index (χ0n) is 9.18. The number of hydrogen-bond acceptors (Lipinski definition) is 2. The summed E-state index contributed by atoms with van der Waals surface area (Å²) in [6, 6.07) is 0. The fourth-order valence-corrected chi connectivity index (χ4v) is 1.71. The van der Waals surface area contributed by atoms with E-state index in [1.165, 1.54) is 38.5 Å². The number of rotatable bonds is 9. The molecule has 80 valence electrons. The molecule has 0 radical (unpaired) electrons. The van der Waals surface area contributed by atoms with E-state index in [1.807, 2.05) is 0 Å². The van der Waals surface area contributed by atoms with Gasteiger partial charge in [-0.3, -0.25) is 0 Å². The van der Waals surface area contributed by atoms with E-state index in [2.05, 4.69) is 31.8 Å². The molecule has 0 saturated heterocycles. The first-order valence-corrected chi connectivity index (χ1v) is 6.21. The van der Waals surface area contributed by atoms with Crippen molar-refractivity contribution >= 4 is 12.6 Å². The Bertz CT molecular complexity index is 96.1. The van der Waals surface area contributed by atoms with Gasteiger partial charge in [0.1, 0.15) is 0 Å². The maximum Gasteiger partial charge on any atom is 0.00172 e. The van der Waals surface area contributed by atoms with Crippen molar-refractivity contribution in [3.63, 3.8) is 0 Å². The Labute approximate surface area is 89.1 Å². The molecule has 1 unspecified atom stereocenters. The van der Waals surface area contributed by atoms with Gasteiger partial charge in [0.15, 0.2) is 0 Å². The molecule has 0 aliphatic heterocycles. The minimum atomic E-state index is 0.628. The molecule has 0 aromatic rings. The van der Waals surface area contributed by atoms with Crippen LogP contribution in [0.25, 0.3) is 0 Å². The van der Waals surface area contributed by atoms with Crippen molar-refractivity contribution in [2.45, 2.75) is 57.6 Å². The van der Waals surface area contributed by atoms with Crippen LogP contribution in [-0.4, -0.2) is 18.3 Å². The van der Waals surface area contributed by atoms with Gasteiger partial charge in [-0.25, -0.2) is 0 Å². The van der Waals surface area contributed by atoms with Crippen molar-refractivity contribution in [1.82, 2.24) is 5.32 Å². The largest absolute Gasteiger partial charge is 0.317 e. The average Bonchev–Trinajstić information content (AvgIpc) is 2.14. The second kappa shape index (κ2) is 10.4. The quantitative estimate of drug-likeness (QED) is 0.433. The standard InChI is InChI=1S/C11H25NS/c1-3-5-7-11(13)8-6-10-12-9-4-2/h11-13H,3-10H2,1-2H3. The lowest BCUT2D eigenvalue weighted by Crippen LogP contribution is -2.16. The molecule has 0 saturated carbocycles. The van der Waals surface area contributed by atoms with Crippen LogP contribution in [0.15, 0.2) is 0 Å². The Kier molecular flexibility index (Phi) is 10.6. The van der Waals surface area contributed by atoms with Gasteiger partial charge in [-0.1, -0.05) is 26.7 Å². The van der Waals surface area contributed by atoms with Crippen molar-refractivity contribution in [3.8, 4) is 0 Å². The Morgan fingerprint density at radius 2 is 1.69 bits per heavy atom. The molecular formula is C11H25NS. The van der Waals surface area contributed by atoms with Crippen molar-refractivity contribution in [2.75, 3.05) is 13.1 Å².